The molecule has 0 N–H and O–H groups in total. The molecule has 0 rings (SSSR count). The molecular weight excluding hydrogens is 737 g/mol. The van der Waals surface area contributed by atoms with Crippen LogP contribution < -0.4 is 0 Å². The number of hydrogen-bond donors (Lipinski definition) is 0. The van der Waals surface area contributed by atoms with Gasteiger partial charge in [0.05, 0.1) is 51.7 Å². The maximum Gasteiger partial charge on any atom is 0.200 e. The van der Waals surface area contributed by atoms with Crippen molar-refractivity contribution >= 4 is 73.9 Å². The second-order valence-corrected chi connectivity index (χ2v) is 107. The van der Waals surface area contributed by atoms with Crippen LogP contribution in [0.5, 0.6) is 0 Å². The van der Waals surface area contributed by atoms with Gasteiger partial charge >= 0.3 is 0 Å². The summed E-state index contributed by atoms with van der Waals surface area (Å²) in [5, 5.41) is 0. The van der Waals surface area contributed by atoms with E-state index in [4.69, 9.17) is 13.3 Å². The fourth-order valence-electron chi connectivity index (χ4n) is 12.3. The van der Waals surface area contributed by atoms with E-state index in [9.17, 15) is 4.79 Å². The maximum atomic E-state index is 12.6. The lowest BCUT2D eigenvalue weighted by Crippen LogP contribution is -2.85. The lowest BCUT2D eigenvalue weighted by molar-refractivity contribution is -0.109. The molecule has 0 bridgehead atoms. The van der Waals surface area contributed by atoms with Gasteiger partial charge in [-0.15, -0.1) is 0 Å². The van der Waals surface area contributed by atoms with Gasteiger partial charge in [-0.25, -0.2) is 0 Å². The smallest absolute Gasteiger partial charge is 0.200 e. The molecule has 0 aromatic rings. The molecule has 4 nitrogen and oxygen atoms in total. The molecule has 0 saturated carbocycles. The molecule has 0 amide bonds. The molecule has 0 aliphatic carbocycles. The molecule has 13 heteroatoms. The van der Waals surface area contributed by atoms with E-state index in [2.05, 4.69) is 166 Å². The van der Waals surface area contributed by atoms with Crippen LogP contribution in [0.1, 0.15) is 67.7 Å². The minimum Gasteiger partial charge on any atom is -0.423 e. The number of carbonyl (C=O) groups excluding carboxylic acids is 1. The first kappa shape index (κ1) is 49.5. The average molecular weight is 826 g/mol. The van der Waals surface area contributed by atoms with Crippen molar-refractivity contribution < 1.29 is 18.1 Å². The predicted octanol–water partition coefficient (Wildman–Crippen LogP) is 12.1. The summed E-state index contributed by atoms with van der Waals surface area (Å²) in [4.78, 5) is 12.6. The van der Waals surface area contributed by atoms with Crippen molar-refractivity contribution in [3.63, 3.8) is 0 Å². The molecule has 0 heterocycles. The van der Waals surface area contributed by atoms with Crippen LogP contribution in [0, 0.1) is 0 Å². The Morgan fingerprint density at radius 3 is 0.917 bits per heavy atom. The van der Waals surface area contributed by atoms with Gasteiger partial charge in [0.2, 0.25) is 8.32 Å². The Kier molecular flexibility index (Phi) is 17.4. The number of aldehydes is 1. The van der Waals surface area contributed by atoms with E-state index in [1.54, 1.807) is 0 Å². The van der Waals surface area contributed by atoms with E-state index < -0.39 is 67.6 Å². The van der Waals surface area contributed by atoms with Crippen molar-refractivity contribution in [1.82, 2.24) is 0 Å². The monoisotopic (exact) mass is 824 g/mol. The first-order valence-electron chi connectivity index (χ1n) is 19.4. The van der Waals surface area contributed by atoms with Crippen molar-refractivity contribution in [3.8, 4) is 0 Å². The summed E-state index contributed by atoms with van der Waals surface area (Å²) in [6.07, 6.45) is 3.45. The molecule has 0 unspecified atom stereocenters. The van der Waals surface area contributed by atoms with Crippen LogP contribution in [0.3, 0.4) is 0 Å². The van der Waals surface area contributed by atoms with Crippen molar-refractivity contribution in [1.29, 1.82) is 0 Å². The van der Waals surface area contributed by atoms with Crippen LogP contribution in [0.4, 0.5) is 0 Å². The van der Waals surface area contributed by atoms with Gasteiger partial charge in [0.25, 0.3) is 0 Å². The summed E-state index contributed by atoms with van der Waals surface area (Å²) >= 11 is 0. The molecule has 48 heavy (non-hydrogen) atoms. The summed E-state index contributed by atoms with van der Waals surface area (Å²) in [5.74, 6) is 0. The second-order valence-electron chi connectivity index (χ2n) is 22.5. The topological polar surface area (TPSA) is 44.8 Å². The zero-order chi connectivity index (χ0) is 38.9. The van der Waals surface area contributed by atoms with Crippen LogP contribution in [0.2, 0.25) is 134 Å². The third kappa shape index (κ3) is 10.4. The fraction of sp³-hybridized carbons (Fsp3) is 0.971. The Labute approximate surface area is 310 Å². The molecule has 0 aliphatic rings. The number of hydrogen-bond acceptors (Lipinski definition) is 4. The standard InChI is InChI=1S/C35H88O4Si9/c1-30(2)46(31(3)4,32(5)6)37-33(7)28-35(39-48(43(17,18)19,44(20,21)22)45(23,24)25)29-34(26-27-36)38-47(40(8,9)10,41(11,12)13)42(14,15)16/h27,30-35H,26,28-29H2,1-25H3/t33-,34+,35-/m0/s1. The molecule has 0 saturated heterocycles. The molecule has 0 aliphatic heterocycles. The van der Waals surface area contributed by atoms with E-state index in [0.29, 0.717) is 23.0 Å². The highest BCUT2D eigenvalue weighted by atomic mass is 29.9. The second kappa shape index (κ2) is 16.9. The van der Waals surface area contributed by atoms with E-state index in [1.807, 2.05) is 0 Å². The highest BCUT2D eigenvalue weighted by Crippen LogP contribution is 2.45. The van der Waals surface area contributed by atoms with Gasteiger partial charge in [-0.2, -0.15) is 0 Å². The zero-order valence-corrected chi connectivity index (χ0v) is 46.3. The first-order valence-corrected chi connectivity index (χ1v) is 52.4. The maximum absolute atomic E-state index is 12.6. The Morgan fingerprint density at radius 1 is 0.417 bits per heavy atom. The van der Waals surface area contributed by atoms with Crippen LogP contribution in [0.25, 0.3) is 0 Å². The summed E-state index contributed by atoms with van der Waals surface area (Å²) in [7, 11) is -12.3. The number of rotatable bonds is 21. The van der Waals surface area contributed by atoms with Crippen LogP contribution >= 0.6 is 0 Å². The quantitative estimate of drug-likeness (QED) is 0.0854. The SMILES string of the molecule is CC(C)[Si](O[C@@H](C)C[C@@H](C[C@@H](CC=O)O[Si]([Si](C)(C)C)([Si](C)(C)C)[Si](C)(C)C)O[Si]([Si](C)(C)C)([Si](C)(C)C)[Si](C)(C)C)(C(C)C)C(C)C. The first-order chi connectivity index (χ1) is 20.9. The Hall–Kier alpha value is 1.50. The summed E-state index contributed by atoms with van der Waals surface area (Å²) < 4.78 is 23.5. The lowest BCUT2D eigenvalue weighted by Gasteiger charge is -2.59. The van der Waals surface area contributed by atoms with E-state index in [-0.39, 0.29) is 18.3 Å². The van der Waals surface area contributed by atoms with Crippen LogP contribution in [-0.4, -0.2) is 92.2 Å². The van der Waals surface area contributed by atoms with Crippen molar-refractivity contribution in [2.45, 2.75) is 221 Å². The van der Waals surface area contributed by atoms with Crippen molar-refractivity contribution in [2.75, 3.05) is 0 Å². The molecule has 0 radical (unpaired) electrons. The summed E-state index contributed by atoms with van der Waals surface area (Å²) in [6.45, 7) is 59.3. The Morgan fingerprint density at radius 2 is 0.688 bits per heavy atom. The van der Waals surface area contributed by atoms with Gasteiger partial charge in [-0.05, 0) is 36.4 Å². The van der Waals surface area contributed by atoms with Gasteiger partial charge in [-0.1, -0.05) is 159 Å². The van der Waals surface area contributed by atoms with Crippen LogP contribution in [-0.2, 0) is 18.1 Å². The molecule has 0 spiro atoms. The number of carbonyl (C=O) groups is 1. The van der Waals surface area contributed by atoms with Gasteiger partial charge in [-0.3, -0.25) is 0 Å². The predicted molar refractivity (Wildman–Crippen MR) is 243 cm³/mol. The van der Waals surface area contributed by atoms with Crippen molar-refractivity contribution in [3.05, 3.63) is 0 Å². The van der Waals surface area contributed by atoms with E-state index in [0.717, 1.165) is 19.1 Å². The zero-order valence-electron chi connectivity index (χ0n) is 37.3. The van der Waals surface area contributed by atoms with E-state index in [1.165, 1.54) is 0 Å². The molecule has 0 fully saturated rings. The molecule has 0 aromatic carbocycles. The molecule has 3 atom stereocenters. The minimum absolute atomic E-state index is 0.0524. The highest BCUT2D eigenvalue weighted by molar-refractivity contribution is 7.88. The Bertz CT molecular complexity index is 914. The average Bonchev–Trinajstić information content (AvgIpc) is 2.78. The Balaban J connectivity index is 7.61. The molecule has 0 aromatic heterocycles. The summed E-state index contributed by atoms with van der Waals surface area (Å²) in [5.41, 5.74) is 1.63. The minimum atomic E-state index is -2.15. The van der Waals surface area contributed by atoms with Crippen LogP contribution in [0.15, 0.2) is 0 Å². The van der Waals surface area contributed by atoms with Gasteiger partial charge in [0, 0.05) is 18.6 Å². The fourth-order valence-corrected chi connectivity index (χ4v) is 206. The van der Waals surface area contributed by atoms with Gasteiger partial charge in [0.15, 0.2) is 13.7 Å². The van der Waals surface area contributed by atoms with Crippen molar-refractivity contribution in [2.24, 2.45) is 0 Å². The van der Waals surface area contributed by atoms with Gasteiger partial charge in [0.1, 0.15) is 6.29 Å². The molecule has 288 valence electrons. The lowest BCUT2D eigenvalue weighted by atomic mass is 10.0. The third-order valence-corrected chi connectivity index (χ3v) is 153. The largest absolute Gasteiger partial charge is 0.423 e. The molecular formula is C35H88O4Si9. The third-order valence-electron chi connectivity index (χ3n) is 11.6. The van der Waals surface area contributed by atoms with E-state index >= 15 is 0 Å². The van der Waals surface area contributed by atoms with Gasteiger partial charge < -0.3 is 18.1 Å². The highest BCUT2D eigenvalue weighted by Gasteiger charge is 2.66. The summed E-state index contributed by atoms with van der Waals surface area (Å²) in [6, 6.07) is 0. The normalized spacial score (nSPS) is 17.3.